The van der Waals surface area contributed by atoms with Gasteiger partial charge in [-0.1, -0.05) is 32.3 Å². The molecular formula is C18H25NO4. The van der Waals surface area contributed by atoms with E-state index in [2.05, 4.69) is 6.92 Å². The highest BCUT2D eigenvalue weighted by Crippen LogP contribution is 2.35. The monoisotopic (exact) mass is 319 g/mol. The maximum atomic E-state index is 12.6. The molecule has 0 aromatic heterocycles. The number of benzene rings is 1. The molecule has 2 amide bonds. The van der Waals surface area contributed by atoms with Gasteiger partial charge in [0, 0.05) is 13.0 Å². The van der Waals surface area contributed by atoms with Gasteiger partial charge in [0.05, 0.1) is 20.1 Å². The van der Waals surface area contributed by atoms with E-state index in [1.165, 1.54) is 4.90 Å². The predicted octanol–water partition coefficient (Wildman–Crippen LogP) is 3.13. The smallest absolute Gasteiger partial charge is 0.237 e. The average molecular weight is 319 g/mol. The quantitative estimate of drug-likeness (QED) is 0.546. The standard InChI is InChI=1S/C18H25NO4/c1-4-5-6-7-10-19-17(20)12-14(18(19)21)13-8-9-15(22-2)16(11-13)23-3/h8-9,11,14H,4-7,10,12H2,1-3H3. The molecule has 0 radical (unpaired) electrons. The molecule has 0 bridgehead atoms. The summed E-state index contributed by atoms with van der Waals surface area (Å²) < 4.78 is 10.5. The van der Waals surface area contributed by atoms with Crippen molar-refractivity contribution in [1.29, 1.82) is 0 Å². The van der Waals surface area contributed by atoms with Crippen LogP contribution in [0, 0.1) is 0 Å². The van der Waals surface area contributed by atoms with Crippen LogP contribution >= 0.6 is 0 Å². The molecule has 5 heteroatoms. The van der Waals surface area contributed by atoms with Gasteiger partial charge in [-0.3, -0.25) is 14.5 Å². The summed E-state index contributed by atoms with van der Waals surface area (Å²) >= 11 is 0. The Balaban J connectivity index is 2.09. The van der Waals surface area contributed by atoms with Crippen molar-refractivity contribution in [3.8, 4) is 11.5 Å². The van der Waals surface area contributed by atoms with E-state index in [-0.39, 0.29) is 18.2 Å². The van der Waals surface area contributed by atoms with Gasteiger partial charge in [0.15, 0.2) is 11.5 Å². The summed E-state index contributed by atoms with van der Waals surface area (Å²) in [4.78, 5) is 26.1. The number of carbonyl (C=O) groups excluding carboxylic acids is 2. The van der Waals surface area contributed by atoms with Crippen molar-refractivity contribution in [2.45, 2.75) is 44.9 Å². The summed E-state index contributed by atoms with van der Waals surface area (Å²) in [6, 6.07) is 5.39. The molecule has 126 valence electrons. The number of rotatable bonds is 8. The maximum absolute atomic E-state index is 12.6. The molecule has 1 aliphatic heterocycles. The van der Waals surface area contributed by atoms with E-state index in [4.69, 9.17) is 9.47 Å². The number of amides is 2. The number of hydrogen-bond donors (Lipinski definition) is 0. The minimum Gasteiger partial charge on any atom is -0.493 e. The van der Waals surface area contributed by atoms with Gasteiger partial charge in [0.1, 0.15) is 0 Å². The number of imide groups is 1. The van der Waals surface area contributed by atoms with Crippen molar-refractivity contribution in [2.75, 3.05) is 20.8 Å². The van der Waals surface area contributed by atoms with Gasteiger partial charge >= 0.3 is 0 Å². The Labute approximate surface area is 137 Å². The van der Waals surface area contributed by atoms with Crippen LogP contribution in [-0.4, -0.2) is 37.5 Å². The van der Waals surface area contributed by atoms with E-state index in [0.29, 0.717) is 18.0 Å². The Morgan fingerprint density at radius 1 is 1.09 bits per heavy atom. The van der Waals surface area contributed by atoms with Crippen LogP contribution in [0.25, 0.3) is 0 Å². The van der Waals surface area contributed by atoms with Gasteiger partial charge in [-0.25, -0.2) is 0 Å². The molecule has 23 heavy (non-hydrogen) atoms. The minimum absolute atomic E-state index is 0.0775. The Bertz CT molecular complexity index is 570. The fraction of sp³-hybridized carbons (Fsp3) is 0.556. The van der Waals surface area contributed by atoms with Crippen LogP contribution in [0.3, 0.4) is 0 Å². The van der Waals surface area contributed by atoms with E-state index in [1.807, 2.05) is 6.07 Å². The Morgan fingerprint density at radius 3 is 2.48 bits per heavy atom. The first kappa shape index (κ1) is 17.3. The first-order valence-electron chi connectivity index (χ1n) is 8.18. The van der Waals surface area contributed by atoms with Crippen LogP contribution in [0.4, 0.5) is 0 Å². The molecule has 1 aliphatic rings. The van der Waals surface area contributed by atoms with E-state index in [0.717, 1.165) is 31.2 Å². The van der Waals surface area contributed by atoms with Crippen LogP contribution in [0.1, 0.15) is 50.5 Å². The number of ether oxygens (including phenoxy) is 2. The summed E-state index contributed by atoms with van der Waals surface area (Å²) in [5, 5.41) is 0. The van der Waals surface area contributed by atoms with Crippen LogP contribution in [-0.2, 0) is 9.59 Å². The number of likely N-dealkylation sites (tertiary alicyclic amines) is 1. The van der Waals surface area contributed by atoms with Gasteiger partial charge in [0.2, 0.25) is 11.8 Å². The summed E-state index contributed by atoms with van der Waals surface area (Å²) in [5.41, 5.74) is 0.803. The molecule has 1 aromatic carbocycles. The maximum Gasteiger partial charge on any atom is 0.237 e. The third kappa shape index (κ3) is 3.84. The average Bonchev–Trinajstić information content (AvgIpc) is 2.85. The molecule has 0 aliphatic carbocycles. The topological polar surface area (TPSA) is 55.8 Å². The van der Waals surface area contributed by atoms with Crippen LogP contribution in [0.5, 0.6) is 11.5 Å². The second-order valence-electron chi connectivity index (χ2n) is 5.82. The lowest BCUT2D eigenvalue weighted by molar-refractivity contribution is -0.138. The molecule has 1 saturated heterocycles. The fourth-order valence-electron chi connectivity index (χ4n) is 2.94. The number of hydrogen-bond acceptors (Lipinski definition) is 4. The van der Waals surface area contributed by atoms with E-state index < -0.39 is 5.92 Å². The van der Waals surface area contributed by atoms with Gasteiger partial charge in [-0.15, -0.1) is 0 Å². The highest BCUT2D eigenvalue weighted by atomic mass is 16.5. The van der Waals surface area contributed by atoms with Gasteiger partial charge < -0.3 is 9.47 Å². The van der Waals surface area contributed by atoms with Crippen molar-refractivity contribution in [3.05, 3.63) is 23.8 Å². The van der Waals surface area contributed by atoms with Gasteiger partial charge in [-0.05, 0) is 24.1 Å². The molecular weight excluding hydrogens is 294 g/mol. The number of nitrogens with zero attached hydrogens (tertiary/aromatic N) is 1. The molecule has 0 spiro atoms. The molecule has 5 nitrogen and oxygen atoms in total. The van der Waals surface area contributed by atoms with Crippen LogP contribution in [0.15, 0.2) is 18.2 Å². The van der Waals surface area contributed by atoms with Gasteiger partial charge in [-0.2, -0.15) is 0 Å². The summed E-state index contributed by atoms with van der Waals surface area (Å²) in [5.74, 6) is 0.606. The lowest BCUT2D eigenvalue weighted by Gasteiger charge is -2.16. The Hall–Kier alpha value is -2.04. The third-order valence-corrected chi connectivity index (χ3v) is 4.29. The summed E-state index contributed by atoms with van der Waals surface area (Å²) in [6.45, 7) is 2.67. The molecule has 2 rings (SSSR count). The largest absolute Gasteiger partial charge is 0.493 e. The molecule has 1 atom stereocenters. The predicted molar refractivity (Wildman–Crippen MR) is 87.8 cm³/mol. The number of unbranched alkanes of at least 4 members (excludes halogenated alkanes) is 3. The van der Waals surface area contributed by atoms with E-state index in [9.17, 15) is 9.59 Å². The van der Waals surface area contributed by atoms with Gasteiger partial charge in [0.25, 0.3) is 0 Å². The zero-order valence-electron chi connectivity index (χ0n) is 14.1. The first-order chi connectivity index (χ1) is 11.1. The lowest BCUT2D eigenvalue weighted by atomic mass is 9.97. The molecule has 1 fully saturated rings. The third-order valence-electron chi connectivity index (χ3n) is 4.29. The van der Waals surface area contributed by atoms with Crippen molar-refractivity contribution in [2.24, 2.45) is 0 Å². The first-order valence-corrected chi connectivity index (χ1v) is 8.18. The molecule has 0 N–H and O–H groups in total. The van der Waals surface area contributed by atoms with Crippen molar-refractivity contribution >= 4 is 11.8 Å². The summed E-state index contributed by atoms with van der Waals surface area (Å²) in [6.07, 6.45) is 4.44. The normalized spacial score (nSPS) is 17.7. The fourth-order valence-corrected chi connectivity index (χ4v) is 2.94. The molecule has 1 heterocycles. The SMILES string of the molecule is CCCCCCN1C(=O)CC(c2ccc(OC)c(OC)c2)C1=O. The second kappa shape index (κ2) is 7.99. The van der Waals surface area contributed by atoms with Crippen LogP contribution in [0.2, 0.25) is 0 Å². The zero-order valence-corrected chi connectivity index (χ0v) is 14.1. The van der Waals surface area contributed by atoms with Crippen molar-refractivity contribution in [3.63, 3.8) is 0 Å². The van der Waals surface area contributed by atoms with Crippen molar-refractivity contribution < 1.29 is 19.1 Å². The minimum atomic E-state index is -0.409. The zero-order chi connectivity index (χ0) is 16.8. The van der Waals surface area contributed by atoms with E-state index >= 15 is 0 Å². The molecule has 1 unspecified atom stereocenters. The molecule has 1 aromatic rings. The van der Waals surface area contributed by atoms with E-state index in [1.54, 1.807) is 26.4 Å². The van der Waals surface area contributed by atoms with Crippen molar-refractivity contribution in [1.82, 2.24) is 4.90 Å². The lowest BCUT2D eigenvalue weighted by Crippen LogP contribution is -2.31. The molecule has 0 saturated carbocycles. The Morgan fingerprint density at radius 2 is 1.83 bits per heavy atom. The van der Waals surface area contributed by atoms with Crippen LogP contribution < -0.4 is 9.47 Å². The number of carbonyl (C=O) groups is 2. The second-order valence-corrected chi connectivity index (χ2v) is 5.82. The highest BCUT2D eigenvalue weighted by molar-refractivity contribution is 6.06. The summed E-state index contributed by atoms with van der Waals surface area (Å²) in [7, 11) is 3.13. The Kier molecular flexibility index (Phi) is 6.02. The number of methoxy groups -OCH3 is 2. The highest BCUT2D eigenvalue weighted by Gasteiger charge is 2.39.